The second-order valence-electron chi connectivity index (χ2n) is 4.47. The number of ether oxygens (including phenoxy) is 1. The Morgan fingerprint density at radius 1 is 1.53 bits per heavy atom. The molecule has 84 valence electrons. The Balaban J connectivity index is 2.17. The molecule has 0 aliphatic carbocycles. The van der Waals surface area contributed by atoms with Crippen LogP contribution in [0.25, 0.3) is 0 Å². The molecule has 0 saturated carbocycles. The predicted octanol–water partition coefficient (Wildman–Crippen LogP) is 2.69. The van der Waals surface area contributed by atoms with Gasteiger partial charge in [-0.15, -0.1) is 11.3 Å². The zero-order chi connectivity index (χ0) is 10.9. The first-order chi connectivity index (χ1) is 7.10. The summed E-state index contributed by atoms with van der Waals surface area (Å²) in [6, 6.07) is 4.10. The molecule has 1 saturated heterocycles. The number of aliphatic hydroxyl groups is 1. The third-order valence-corrected chi connectivity index (χ3v) is 4.42. The average Bonchev–Trinajstić information content (AvgIpc) is 2.67. The molecule has 0 aromatic carbocycles. The van der Waals surface area contributed by atoms with Crippen molar-refractivity contribution in [3.8, 4) is 0 Å². The summed E-state index contributed by atoms with van der Waals surface area (Å²) in [5.41, 5.74) is -0.723. The molecule has 3 heteroatoms. The highest BCUT2D eigenvalue weighted by atomic mass is 32.1. The summed E-state index contributed by atoms with van der Waals surface area (Å²) in [5, 5.41) is 10.6. The van der Waals surface area contributed by atoms with Gasteiger partial charge in [-0.1, -0.05) is 0 Å². The molecule has 1 aliphatic heterocycles. The van der Waals surface area contributed by atoms with Crippen LogP contribution in [0.1, 0.15) is 29.5 Å². The molecule has 0 spiro atoms. The minimum absolute atomic E-state index is 0.240. The van der Waals surface area contributed by atoms with Gasteiger partial charge in [-0.05, 0) is 38.8 Å². The Morgan fingerprint density at radius 2 is 2.33 bits per heavy atom. The maximum atomic E-state index is 10.6. The summed E-state index contributed by atoms with van der Waals surface area (Å²) in [7, 11) is 0. The highest BCUT2D eigenvalue weighted by Gasteiger charge is 2.35. The van der Waals surface area contributed by atoms with Crippen molar-refractivity contribution in [1.82, 2.24) is 0 Å². The number of aryl methyl sites for hydroxylation is 1. The Morgan fingerprint density at radius 3 is 2.87 bits per heavy atom. The van der Waals surface area contributed by atoms with Gasteiger partial charge in [0.1, 0.15) is 5.60 Å². The van der Waals surface area contributed by atoms with Crippen molar-refractivity contribution >= 4 is 11.3 Å². The molecule has 1 N–H and O–H groups in total. The third kappa shape index (κ3) is 2.25. The highest BCUT2D eigenvalue weighted by molar-refractivity contribution is 7.12. The van der Waals surface area contributed by atoms with E-state index in [-0.39, 0.29) is 5.92 Å². The topological polar surface area (TPSA) is 29.5 Å². The Hall–Kier alpha value is -0.380. The van der Waals surface area contributed by atoms with E-state index >= 15 is 0 Å². The molecule has 1 aromatic rings. The molecule has 1 fully saturated rings. The summed E-state index contributed by atoms with van der Waals surface area (Å²) in [4.78, 5) is 2.32. The molecule has 2 heterocycles. The second-order valence-corrected chi connectivity index (χ2v) is 5.76. The predicted molar refractivity (Wildman–Crippen MR) is 62.2 cm³/mol. The van der Waals surface area contributed by atoms with Crippen LogP contribution in [0.2, 0.25) is 0 Å². The standard InChI is InChI=1S/C12H18O2S/c1-9-5-6-11(15-9)12(2,13)10-4-3-7-14-8-10/h5-6,10,13H,3-4,7-8H2,1-2H3. The second kappa shape index (κ2) is 4.24. The van der Waals surface area contributed by atoms with Crippen LogP contribution in [0.4, 0.5) is 0 Å². The number of hydrogen-bond donors (Lipinski definition) is 1. The maximum Gasteiger partial charge on any atom is 0.101 e. The van der Waals surface area contributed by atoms with Gasteiger partial charge in [0, 0.05) is 22.3 Å². The van der Waals surface area contributed by atoms with Crippen molar-refractivity contribution in [2.24, 2.45) is 5.92 Å². The van der Waals surface area contributed by atoms with Gasteiger partial charge >= 0.3 is 0 Å². The molecule has 1 aliphatic rings. The van der Waals surface area contributed by atoms with Crippen LogP contribution in [0.15, 0.2) is 12.1 Å². The smallest absolute Gasteiger partial charge is 0.101 e. The van der Waals surface area contributed by atoms with Crippen LogP contribution < -0.4 is 0 Å². The molecule has 0 amide bonds. The fourth-order valence-corrected chi connectivity index (χ4v) is 3.08. The van der Waals surface area contributed by atoms with Crippen molar-refractivity contribution in [3.63, 3.8) is 0 Å². The fourth-order valence-electron chi connectivity index (χ4n) is 2.09. The number of thiophene rings is 1. The molecular weight excluding hydrogens is 208 g/mol. The van der Waals surface area contributed by atoms with E-state index in [1.165, 1.54) is 4.88 Å². The summed E-state index contributed by atoms with van der Waals surface area (Å²) in [6.07, 6.45) is 2.12. The fraction of sp³-hybridized carbons (Fsp3) is 0.667. The first kappa shape index (κ1) is 11.1. The van der Waals surface area contributed by atoms with Gasteiger partial charge in [0.15, 0.2) is 0 Å². The lowest BCUT2D eigenvalue weighted by molar-refractivity contribution is -0.0702. The maximum absolute atomic E-state index is 10.6. The van der Waals surface area contributed by atoms with Gasteiger partial charge in [0.05, 0.1) is 6.61 Å². The van der Waals surface area contributed by atoms with Crippen molar-refractivity contribution in [2.45, 2.75) is 32.3 Å². The quantitative estimate of drug-likeness (QED) is 0.840. The molecule has 2 atom stereocenters. The zero-order valence-electron chi connectivity index (χ0n) is 9.32. The third-order valence-electron chi connectivity index (χ3n) is 3.19. The Kier molecular flexibility index (Phi) is 3.14. The largest absolute Gasteiger partial charge is 0.384 e. The lowest BCUT2D eigenvalue weighted by atomic mass is 9.84. The van der Waals surface area contributed by atoms with Crippen LogP contribution in [0, 0.1) is 12.8 Å². The molecule has 0 radical (unpaired) electrons. The average molecular weight is 226 g/mol. The van der Waals surface area contributed by atoms with E-state index in [2.05, 4.69) is 13.0 Å². The molecular formula is C12H18O2S. The summed E-state index contributed by atoms with van der Waals surface area (Å²) in [5.74, 6) is 0.240. The van der Waals surface area contributed by atoms with Crippen molar-refractivity contribution < 1.29 is 9.84 Å². The Bertz CT molecular complexity index is 324. The number of hydrogen-bond acceptors (Lipinski definition) is 3. The van der Waals surface area contributed by atoms with Crippen LogP contribution in [0.3, 0.4) is 0 Å². The van der Waals surface area contributed by atoms with E-state index in [1.54, 1.807) is 11.3 Å². The molecule has 2 nitrogen and oxygen atoms in total. The van der Waals surface area contributed by atoms with Crippen LogP contribution in [-0.4, -0.2) is 18.3 Å². The monoisotopic (exact) mass is 226 g/mol. The first-order valence-corrected chi connectivity index (χ1v) is 6.29. The van der Waals surface area contributed by atoms with E-state index in [1.807, 2.05) is 13.0 Å². The molecule has 1 aromatic heterocycles. The van der Waals surface area contributed by atoms with Gasteiger partial charge in [0.25, 0.3) is 0 Å². The molecule has 2 unspecified atom stereocenters. The first-order valence-electron chi connectivity index (χ1n) is 5.48. The van der Waals surface area contributed by atoms with Crippen molar-refractivity contribution in [1.29, 1.82) is 0 Å². The summed E-state index contributed by atoms with van der Waals surface area (Å²) < 4.78 is 5.44. The summed E-state index contributed by atoms with van der Waals surface area (Å²) >= 11 is 1.68. The molecule has 0 bridgehead atoms. The van der Waals surface area contributed by atoms with E-state index in [0.29, 0.717) is 6.61 Å². The Labute approximate surface area is 94.9 Å². The van der Waals surface area contributed by atoms with Crippen LogP contribution in [0.5, 0.6) is 0 Å². The van der Waals surface area contributed by atoms with E-state index in [4.69, 9.17) is 4.74 Å². The van der Waals surface area contributed by atoms with Gasteiger partial charge in [0.2, 0.25) is 0 Å². The zero-order valence-corrected chi connectivity index (χ0v) is 10.1. The SMILES string of the molecule is Cc1ccc(C(C)(O)C2CCCOC2)s1. The van der Waals surface area contributed by atoms with Crippen LogP contribution in [-0.2, 0) is 10.3 Å². The van der Waals surface area contributed by atoms with Crippen molar-refractivity contribution in [2.75, 3.05) is 13.2 Å². The summed E-state index contributed by atoms with van der Waals surface area (Å²) in [6.45, 7) is 5.51. The van der Waals surface area contributed by atoms with Gasteiger partial charge < -0.3 is 9.84 Å². The minimum atomic E-state index is -0.723. The lowest BCUT2D eigenvalue weighted by Crippen LogP contribution is -2.36. The molecule has 2 rings (SSSR count). The van der Waals surface area contributed by atoms with E-state index in [0.717, 1.165) is 24.3 Å². The van der Waals surface area contributed by atoms with Gasteiger partial charge in [-0.2, -0.15) is 0 Å². The van der Waals surface area contributed by atoms with Gasteiger partial charge in [-0.3, -0.25) is 0 Å². The minimum Gasteiger partial charge on any atom is -0.384 e. The van der Waals surface area contributed by atoms with E-state index < -0.39 is 5.60 Å². The van der Waals surface area contributed by atoms with Gasteiger partial charge in [-0.25, -0.2) is 0 Å². The lowest BCUT2D eigenvalue weighted by Gasteiger charge is -2.34. The van der Waals surface area contributed by atoms with E-state index in [9.17, 15) is 5.11 Å². The number of rotatable bonds is 2. The molecule has 15 heavy (non-hydrogen) atoms. The van der Waals surface area contributed by atoms with Crippen molar-refractivity contribution in [3.05, 3.63) is 21.9 Å². The highest BCUT2D eigenvalue weighted by Crippen LogP contribution is 2.37. The normalized spacial score (nSPS) is 26.2. The van der Waals surface area contributed by atoms with Crippen LogP contribution >= 0.6 is 11.3 Å².